The van der Waals surface area contributed by atoms with Gasteiger partial charge in [0.2, 0.25) is 0 Å². The minimum absolute atomic E-state index is 0.0417. The Kier molecular flexibility index (Phi) is 5.12. The summed E-state index contributed by atoms with van der Waals surface area (Å²) >= 11 is 6.08. The van der Waals surface area contributed by atoms with Crippen LogP contribution < -0.4 is 4.90 Å². The molecular weight excluding hydrogens is 360 g/mol. The number of nitrogens with zero attached hydrogens (tertiary/aromatic N) is 4. The average molecular weight is 381 g/mol. The number of hydrogen-bond donors (Lipinski definition) is 0. The second-order valence-corrected chi connectivity index (χ2v) is 7.11. The summed E-state index contributed by atoms with van der Waals surface area (Å²) in [5.41, 5.74) is 2.90. The zero-order valence-electron chi connectivity index (χ0n) is 15.0. The number of benzene rings is 2. The van der Waals surface area contributed by atoms with Crippen molar-refractivity contribution < 1.29 is 4.79 Å². The number of halogens is 1. The van der Waals surface area contributed by atoms with E-state index in [0.29, 0.717) is 25.2 Å². The van der Waals surface area contributed by atoms with E-state index in [4.69, 9.17) is 11.6 Å². The summed E-state index contributed by atoms with van der Waals surface area (Å²) in [6.07, 6.45) is 3.49. The molecule has 4 rings (SSSR count). The monoisotopic (exact) mass is 380 g/mol. The van der Waals surface area contributed by atoms with Crippen molar-refractivity contribution in [3.8, 4) is 0 Å². The second kappa shape index (κ2) is 7.84. The van der Waals surface area contributed by atoms with Gasteiger partial charge in [0.1, 0.15) is 0 Å². The van der Waals surface area contributed by atoms with Gasteiger partial charge in [0.25, 0.3) is 5.91 Å². The highest BCUT2D eigenvalue weighted by Crippen LogP contribution is 2.21. The predicted octanol–water partition coefficient (Wildman–Crippen LogP) is 3.55. The molecular formula is C21H21ClN4O. The molecule has 0 radical (unpaired) electrons. The molecule has 0 unspecified atom stereocenters. The zero-order valence-corrected chi connectivity index (χ0v) is 15.7. The van der Waals surface area contributed by atoms with E-state index >= 15 is 0 Å². The van der Waals surface area contributed by atoms with Crippen LogP contribution in [0.2, 0.25) is 5.02 Å². The quantitative estimate of drug-likeness (QED) is 0.695. The molecule has 1 aliphatic heterocycles. The number of rotatable bonds is 4. The van der Waals surface area contributed by atoms with Gasteiger partial charge >= 0.3 is 0 Å². The molecule has 27 heavy (non-hydrogen) atoms. The maximum Gasteiger partial charge on any atom is 0.257 e. The van der Waals surface area contributed by atoms with Gasteiger partial charge in [0, 0.05) is 43.1 Å². The van der Waals surface area contributed by atoms with Crippen LogP contribution in [0.15, 0.2) is 67.0 Å². The molecule has 3 aromatic rings. The lowest BCUT2D eigenvalue weighted by Crippen LogP contribution is -2.48. The molecule has 6 heteroatoms. The van der Waals surface area contributed by atoms with Crippen LogP contribution in [0.25, 0.3) is 0 Å². The average Bonchev–Trinajstić information content (AvgIpc) is 3.17. The van der Waals surface area contributed by atoms with Gasteiger partial charge < -0.3 is 9.80 Å². The number of anilines is 1. The Labute approximate surface area is 163 Å². The maximum absolute atomic E-state index is 12.8. The number of hydrogen-bond acceptors (Lipinski definition) is 3. The van der Waals surface area contributed by atoms with Crippen molar-refractivity contribution in [2.45, 2.75) is 6.54 Å². The highest BCUT2D eigenvalue weighted by atomic mass is 35.5. The van der Waals surface area contributed by atoms with Gasteiger partial charge in [-0.3, -0.25) is 9.48 Å². The molecule has 1 fully saturated rings. The molecule has 1 aliphatic rings. The van der Waals surface area contributed by atoms with Crippen LogP contribution in [-0.4, -0.2) is 46.8 Å². The fourth-order valence-corrected chi connectivity index (χ4v) is 3.54. The van der Waals surface area contributed by atoms with E-state index < -0.39 is 0 Å². The first-order chi connectivity index (χ1) is 13.2. The van der Waals surface area contributed by atoms with Gasteiger partial charge in [0.05, 0.1) is 18.3 Å². The highest BCUT2D eigenvalue weighted by molar-refractivity contribution is 6.30. The smallest absolute Gasteiger partial charge is 0.257 e. The molecule has 2 heterocycles. The molecule has 1 aromatic heterocycles. The molecule has 0 N–H and O–H groups in total. The Morgan fingerprint density at radius 1 is 1.00 bits per heavy atom. The topological polar surface area (TPSA) is 41.4 Å². The summed E-state index contributed by atoms with van der Waals surface area (Å²) in [5.74, 6) is 0.0417. The lowest BCUT2D eigenvalue weighted by Gasteiger charge is -2.36. The summed E-state index contributed by atoms with van der Waals surface area (Å²) in [4.78, 5) is 16.9. The summed E-state index contributed by atoms with van der Waals surface area (Å²) in [7, 11) is 0. The fourth-order valence-electron chi connectivity index (χ4n) is 3.35. The van der Waals surface area contributed by atoms with E-state index in [-0.39, 0.29) is 5.91 Å². The molecule has 2 aromatic carbocycles. The molecule has 5 nitrogen and oxygen atoms in total. The van der Waals surface area contributed by atoms with Crippen molar-refractivity contribution in [2.24, 2.45) is 0 Å². The van der Waals surface area contributed by atoms with Gasteiger partial charge in [-0.1, -0.05) is 48.0 Å². The van der Waals surface area contributed by atoms with Crippen LogP contribution in [-0.2, 0) is 6.54 Å². The zero-order chi connectivity index (χ0) is 18.6. The Balaban J connectivity index is 1.37. The Hall–Kier alpha value is -2.79. The van der Waals surface area contributed by atoms with Gasteiger partial charge in [-0.25, -0.2) is 0 Å². The van der Waals surface area contributed by atoms with E-state index in [2.05, 4.69) is 28.2 Å². The third-order valence-electron chi connectivity index (χ3n) is 4.81. The lowest BCUT2D eigenvalue weighted by atomic mass is 10.2. The van der Waals surface area contributed by atoms with Crippen molar-refractivity contribution >= 4 is 23.2 Å². The van der Waals surface area contributed by atoms with Crippen molar-refractivity contribution in [2.75, 3.05) is 31.1 Å². The molecule has 0 saturated carbocycles. The van der Waals surface area contributed by atoms with Crippen molar-refractivity contribution in [3.05, 3.63) is 83.1 Å². The van der Waals surface area contributed by atoms with Gasteiger partial charge in [0.15, 0.2) is 0 Å². The van der Waals surface area contributed by atoms with E-state index in [0.717, 1.165) is 29.4 Å². The first kappa shape index (κ1) is 17.6. The molecule has 0 atom stereocenters. The summed E-state index contributed by atoms with van der Waals surface area (Å²) in [5, 5.41) is 5.08. The molecule has 138 valence electrons. The highest BCUT2D eigenvalue weighted by Gasteiger charge is 2.23. The van der Waals surface area contributed by atoms with E-state index in [9.17, 15) is 4.79 Å². The summed E-state index contributed by atoms with van der Waals surface area (Å²) in [6.45, 7) is 3.63. The van der Waals surface area contributed by atoms with Crippen LogP contribution in [0.4, 0.5) is 5.69 Å². The number of amides is 1. The summed E-state index contributed by atoms with van der Waals surface area (Å²) < 4.78 is 1.81. The summed E-state index contributed by atoms with van der Waals surface area (Å²) in [6, 6.07) is 18.0. The molecule has 1 amide bonds. The SMILES string of the molecule is O=C(c1cnn(Cc2ccccc2)c1)N1CCN(c2cccc(Cl)c2)CC1. The first-order valence-electron chi connectivity index (χ1n) is 9.05. The minimum Gasteiger partial charge on any atom is -0.368 e. The van der Waals surface area contributed by atoms with Crippen molar-refractivity contribution in [3.63, 3.8) is 0 Å². The number of carbonyl (C=O) groups is 1. The number of aromatic nitrogens is 2. The molecule has 1 saturated heterocycles. The van der Waals surface area contributed by atoms with E-state index in [1.807, 2.05) is 52.2 Å². The Morgan fingerprint density at radius 2 is 1.78 bits per heavy atom. The molecule has 0 bridgehead atoms. The standard InChI is InChI=1S/C21H21ClN4O/c22-19-7-4-8-20(13-19)24-9-11-25(12-10-24)21(27)18-14-23-26(16-18)15-17-5-2-1-3-6-17/h1-8,13-14,16H,9-12,15H2. The van der Waals surface area contributed by atoms with Crippen LogP contribution in [0.1, 0.15) is 15.9 Å². The van der Waals surface area contributed by atoms with Crippen molar-refractivity contribution in [1.82, 2.24) is 14.7 Å². The number of carbonyl (C=O) groups excluding carboxylic acids is 1. The third kappa shape index (κ3) is 4.14. The predicted molar refractivity (Wildman–Crippen MR) is 107 cm³/mol. The second-order valence-electron chi connectivity index (χ2n) is 6.67. The van der Waals surface area contributed by atoms with Crippen LogP contribution in [0.3, 0.4) is 0 Å². The van der Waals surface area contributed by atoms with Crippen LogP contribution in [0, 0.1) is 0 Å². The molecule has 0 aliphatic carbocycles. The normalized spacial score (nSPS) is 14.4. The Bertz CT molecular complexity index is 917. The fraction of sp³-hybridized carbons (Fsp3) is 0.238. The van der Waals surface area contributed by atoms with Gasteiger partial charge in [-0.2, -0.15) is 5.10 Å². The number of piperazine rings is 1. The first-order valence-corrected chi connectivity index (χ1v) is 9.43. The van der Waals surface area contributed by atoms with Crippen LogP contribution in [0.5, 0.6) is 0 Å². The van der Waals surface area contributed by atoms with Gasteiger partial charge in [-0.05, 0) is 23.8 Å². The van der Waals surface area contributed by atoms with Crippen molar-refractivity contribution in [1.29, 1.82) is 0 Å². The maximum atomic E-state index is 12.8. The third-order valence-corrected chi connectivity index (χ3v) is 5.04. The van der Waals surface area contributed by atoms with E-state index in [1.165, 1.54) is 0 Å². The van der Waals surface area contributed by atoms with Crippen LogP contribution >= 0.6 is 11.6 Å². The molecule has 0 spiro atoms. The van der Waals surface area contributed by atoms with E-state index in [1.54, 1.807) is 6.20 Å². The Morgan fingerprint density at radius 3 is 2.52 bits per heavy atom. The largest absolute Gasteiger partial charge is 0.368 e. The lowest BCUT2D eigenvalue weighted by molar-refractivity contribution is 0.0746. The minimum atomic E-state index is 0.0417. The van der Waals surface area contributed by atoms with Gasteiger partial charge in [-0.15, -0.1) is 0 Å².